The van der Waals surface area contributed by atoms with Gasteiger partial charge in [-0.2, -0.15) is 0 Å². The summed E-state index contributed by atoms with van der Waals surface area (Å²) < 4.78 is 29.4. The van der Waals surface area contributed by atoms with E-state index >= 15 is 0 Å². The Bertz CT molecular complexity index is 311. The molecule has 0 fully saturated rings. The van der Waals surface area contributed by atoms with E-state index in [0.717, 1.165) is 0 Å². The van der Waals surface area contributed by atoms with E-state index in [4.69, 9.17) is 5.73 Å². The minimum Gasteiger partial charge on any atom is -0.464 e. The summed E-state index contributed by atoms with van der Waals surface area (Å²) in [6.45, 7) is 0.683. The predicted molar refractivity (Wildman–Crippen MR) is 58.4 cm³/mol. The van der Waals surface area contributed by atoms with Crippen LogP contribution < -0.4 is 5.73 Å². The van der Waals surface area contributed by atoms with Crippen LogP contribution in [-0.4, -0.2) is 49.8 Å². The van der Waals surface area contributed by atoms with Crippen molar-refractivity contribution in [3.8, 4) is 0 Å². The number of phosphoric acid groups is 1. The molecule has 0 aliphatic rings. The minimum absolute atomic E-state index is 0.0459. The monoisotopic (exact) mass is 285 g/mol. The van der Waals surface area contributed by atoms with Crippen molar-refractivity contribution in [2.45, 2.75) is 12.5 Å². The summed E-state index contributed by atoms with van der Waals surface area (Å²) in [6.07, 6.45) is 0. The van der Waals surface area contributed by atoms with E-state index in [2.05, 4.69) is 18.5 Å². The summed E-state index contributed by atoms with van der Waals surface area (Å²) in [4.78, 5) is 29.5. The molecule has 106 valence electrons. The maximum atomic E-state index is 11.3. The number of hydrogen-bond acceptors (Lipinski definition) is 8. The summed E-state index contributed by atoms with van der Waals surface area (Å²) in [5.41, 5.74) is 3.71. The number of rotatable bonds is 11. The van der Waals surface area contributed by atoms with Gasteiger partial charge in [-0.25, -0.2) is 4.57 Å². The second-order valence-electron chi connectivity index (χ2n) is 3.44. The van der Waals surface area contributed by atoms with E-state index in [9.17, 15) is 19.0 Å². The third-order valence-corrected chi connectivity index (χ3v) is 2.66. The maximum Gasteiger partial charge on any atom is 0.472 e. The van der Waals surface area contributed by atoms with Gasteiger partial charge in [-0.15, -0.1) is 0 Å². The van der Waals surface area contributed by atoms with Crippen LogP contribution in [-0.2, 0) is 32.7 Å². The second kappa shape index (κ2) is 8.17. The molecule has 0 heterocycles. The van der Waals surface area contributed by atoms with Crippen LogP contribution in [0.2, 0.25) is 0 Å². The van der Waals surface area contributed by atoms with Crippen LogP contribution in [0.25, 0.3) is 0 Å². The Morgan fingerprint density at radius 2 is 1.94 bits per heavy atom. The zero-order valence-electron chi connectivity index (χ0n) is 9.81. The van der Waals surface area contributed by atoms with Gasteiger partial charge in [0.1, 0.15) is 13.2 Å². The zero-order valence-corrected chi connectivity index (χ0v) is 10.7. The normalized spacial score (nSPS) is 17.3. The highest BCUT2D eigenvalue weighted by atomic mass is 31.2. The Hall–Kier alpha value is -0.990. The highest BCUT2D eigenvalue weighted by Crippen LogP contribution is 2.43. The maximum absolute atomic E-state index is 11.3. The van der Waals surface area contributed by atoms with Crippen LogP contribution in [0, 0.1) is 0 Å². The lowest BCUT2D eigenvalue weighted by molar-refractivity contribution is -0.158. The Morgan fingerprint density at radius 3 is 2.44 bits per heavy atom. The molecule has 0 saturated carbocycles. The topological polar surface area (TPSA) is 134 Å². The molecule has 0 bridgehead atoms. The number of phosphoric ester groups is 1. The van der Waals surface area contributed by atoms with Crippen molar-refractivity contribution in [1.82, 2.24) is 0 Å². The average Bonchev–Trinajstić information content (AvgIpc) is 2.32. The van der Waals surface area contributed by atoms with Gasteiger partial charge in [0, 0.05) is 6.54 Å². The highest BCUT2D eigenvalue weighted by molar-refractivity contribution is 7.47. The number of carbonyl (C=O) groups excluding carboxylic acids is 2. The lowest BCUT2D eigenvalue weighted by atomic mass is 10.1. The van der Waals surface area contributed by atoms with Crippen molar-refractivity contribution in [2.75, 3.05) is 26.4 Å². The zero-order chi connectivity index (χ0) is 14.1. The Morgan fingerprint density at radius 1 is 1.28 bits per heavy atom. The van der Waals surface area contributed by atoms with Crippen molar-refractivity contribution in [1.29, 1.82) is 0 Å². The van der Waals surface area contributed by atoms with Crippen molar-refractivity contribution in [2.24, 2.45) is 5.73 Å². The molecule has 2 atom stereocenters. The molecule has 0 aromatic rings. The first-order chi connectivity index (χ1) is 8.39. The quantitative estimate of drug-likeness (QED) is 0.369. The van der Waals surface area contributed by atoms with Gasteiger partial charge in [-0.05, 0) is 6.92 Å². The van der Waals surface area contributed by atoms with Gasteiger partial charge >= 0.3 is 7.82 Å². The van der Waals surface area contributed by atoms with Gasteiger partial charge in [-0.1, -0.05) is 0 Å². The second-order valence-corrected chi connectivity index (χ2v) is 4.89. The van der Waals surface area contributed by atoms with Gasteiger partial charge < -0.3 is 20.1 Å². The fourth-order valence-electron chi connectivity index (χ4n) is 0.860. The van der Waals surface area contributed by atoms with Gasteiger partial charge in [0.05, 0.1) is 6.61 Å². The summed E-state index contributed by atoms with van der Waals surface area (Å²) in [5.74, 6) is 0. The molecule has 0 amide bonds. The molecule has 0 rings (SSSR count). The van der Waals surface area contributed by atoms with Gasteiger partial charge in [0.2, 0.25) is 0 Å². The Balaban J connectivity index is 4.36. The van der Waals surface area contributed by atoms with E-state index in [1.54, 1.807) is 0 Å². The number of ether oxygens (including phenoxy) is 2. The molecular weight excluding hydrogens is 269 g/mol. The number of carbonyl (C=O) groups is 2. The summed E-state index contributed by atoms with van der Waals surface area (Å²) >= 11 is 0. The third kappa shape index (κ3) is 7.36. The SMILES string of the molecule is C[C@@](COC=O)(COP(=O)(O)OCCN)OC=O. The molecule has 0 aromatic heterocycles. The van der Waals surface area contributed by atoms with Crippen LogP contribution in [0.15, 0.2) is 0 Å². The standard InChI is InChI=1S/C8H16NO8P/c1-8(15-7-11,4-14-6-10)5-17-18(12,13)16-3-2-9/h6-7H,2-5,9H2,1H3,(H,12,13)/t8-/m1/s1. The molecule has 18 heavy (non-hydrogen) atoms. The lowest BCUT2D eigenvalue weighted by Gasteiger charge is -2.26. The Kier molecular flexibility index (Phi) is 7.72. The Labute approximate surface area is 104 Å². The molecule has 0 saturated heterocycles. The average molecular weight is 285 g/mol. The molecule has 1 unspecified atom stereocenters. The molecule has 3 N–H and O–H groups in total. The van der Waals surface area contributed by atoms with Gasteiger partial charge in [0.15, 0.2) is 5.60 Å². The van der Waals surface area contributed by atoms with Gasteiger partial charge in [0.25, 0.3) is 12.9 Å². The molecule has 0 aromatic carbocycles. The number of hydrogen-bond donors (Lipinski definition) is 2. The minimum atomic E-state index is -4.28. The molecule has 0 radical (unpaired) electrons. The van der Waals surface area contributed by atoms with E-state index in [0.29, 0.717) is 0 Å². The van der Waals surface area contributed by atoms with Crippen LogP contribution in [0.3, 0.4) is 0 Å². The first-order valence-electron chi connectivity index (χ1n) is 4.88. The fourth-order valence-corrected chi connectivity index (χ4v) is 1.71. The predicted octanol–water partition coefficient (Wildman–Crippen LogP) is -0.817. The molecule has 10 heteroatoms. The van der Waals surface area contributed by atoms with E-state index in [1.807, 2.05) is 0 Å². The third-order valence-electron chi connectivity index (χ3n) is 1.69. The summed E-state index contributed by atoms with van der Waals surface area (Å²) in [6, 6.07) is 0. The first-order valence-corrected chi connectivity index (χ1v) is 6.37. The van der Waals surface area contributed by atoms with E-state index < -0.39 is 20.0 Å². The van der Waals surface area contributed by atoms with Crippen LogP contribution >= 0.6 is 7.82 Å². The van der Waals surface area contributed by atoms with E-state index in [-0.39, 0.29) is 32.7 Å². The molecule has 0 aliphatic heterocycles. The first kappa shape index (κ1) is 17.0. The summed E-state index contributed by atoms with van der Waals surface area (Å²) in [5, 5.41) is 0. The fraction of sp³-hybridized carbons (Fsp3) is 0.750. The smallest absolute Gasteiger partial charge is 0.464 e. The van der Waals surface area contributed by atoms with Crippen molar-refractivity contribution >= 4 is 20.8 Å². The largest absolute Gasteiger partial charge is 0.472 e. The molecule has 9 nitrogen and oxygen atoms in total. The highest BCUT2D eigenvalue weighted by Gasteiger charge is 2.32. The van der Waals surface area contributed by atoms with Crippen molar-refractivity contribution < 1.29 is 37.6 Å². The van der Waals surface area contributed by atoms with Crippen molar-refractivity contribution in [3.63, 3.8) is 0 Å². The molecule has 0 aliphatic carbocycles. The van der Waals surface area contributed by atoms with Crippen molar-refractivity contribution in [3.05, 3.63) is 0 Å². The van der Waals surface area contributed by atoms with Crippen LogP contribution in [0.4, 0.5) is 0 Å². The van der Waals surface area contributed by atoms with Crippen LogP contribution in [0.5, 0.6) is 0 Å². The lowest BCUT2D eigenvalue weighted by Crippen LogP contribution is -2.39. The van der Waals surface area contributed by atoms with E-state index in [1.165, 1.54) is 6.92 Å². The van der Waals surface area contributed by atoms with Crippen LogP contribution in [0.1, 0.15) is 6.92 Å². The summed E-state index contributed by atoms with van der Waals surface area (Å²) in [7, 11) is -4.28. The van der Waals surface area contributed by atoms with Gasteiger partial charge in [-0.3, -0.25) is 18.6 Å². The molecular formula is C8H16NO8P. The molecule has 0 spiro atoms. The number of nitrogens with two attached hydrogens (primary N) is 1.